The molecule has 0 aromatic heterocycles. The van der Waals surface area contributed by atoms with Crippen LogP contribution in [0.25, 0.3) is 0 Å². The van der Waals surface area contributed by atoms with Crippen LogP contribution in [0.2, 0.25) is 0 Å². The van der Waals surface area contributed by atoms with Gasteiger partial charge >= 0.3 is 0 Å². The van der Waals surface area contributed by atoms with Gasteiger partial charge in [-0.2, -0.15) is 0 Å². The number of hydrogen-bond acceptors (Lipinski definition) is 3. The summed E-state index contributed by atoms with van der Waals surface area (Å²) in [4.78, 5) is 12.2. The van der Waals surface area contributed by atoms with Crippen molar-refractivity contribution in [3.05, 3.63) is 27.3 Å². The molecule has 1 aromatic carbocycles. The second-order valence-electron chi connectivity index (χ2n) is 4.83. The zero-order valence-corrected chi connectivity index (χ0v) is 12.4. The molecule has 1 aromatic rings. The molecule has 1 heterocycles. The summed E-state index contributed by atoms with van der Waals surface area (Å²) in [5, 5.41) is 12.7. The molecule has 18 heavy (non-hydrogen) atoms. The lowest BCUT2D eigenvalue weighted by Crippen LogP contribution is -2.51. The van der Waals surface area contributed by atoms with Crippen molar-refractivity contribution >= 4 is 28.5 Å². The largest absolute Gasteiger partial charge is 0.507 e. The fourth-order valence-corrected chi connectivity index (χ4v) is 2.56. The number of carbonyl (C=O) groups is 1. The van der Waals surface area contributed by atoms with Gasteiger partial charge in [-0.05, 0) is 60.6 Å². The monoisotopic (exact) mass is 361 g/mol. The highest BCUT2D eigenvalue weighted by molar-refractivity contribution is 14.1. The Kier molecular flexibility index (Phi) is 4.11. The van der Waals surface area contributed by atoms with E-state index in [4.69, 9.17) is 4.74 Å². The Morgan fingerprint density at radius 3 is 3.00 bits per heavy atom. The van der Waals surface area contributed by atoms with E-state index in [1.807, 2.05) is 6.92 Å². The van der Waals surface area contributed by atoms with Crippen LogP contribution in [0.4, 0.5) is 0 Å². The Morgan fingerprint density at radius 2 is 2.33 bits per heavy atom. The lowest BCUT2D eigenvalue weighted by molar-refractivity contribution is 0.0272. The fourth-order valence-electron chi connectivity index (χ4n) is 2.06. The number of amides is 1. The number of benzene rings is 1. The molecule has 1 aliphatic rings. The quantitative estimate of drug-likeness (QED) is 0.795. The Balaban J connectivity index is 2.14. The number of carbonyl (C=O) groups excluding carboxylic acids is 1. The molecule has 1 fully saturated rings. The number of rotatable bonds is 2. The minimum Gasteiger partial charge on any atom is -0.507 e. The minimum absolute atomic E-state index is 0.00763. The molecule has 0 saturated carbocycles. The molecule has 1 amide bonds. The summed E-state index contributed by atoms with van der Waals surface area (Å²) < 4.78 is 6.31. The van der Waals surface area contributed by atoms with Crippen LogP contribution >= 0.6 is 22.6 Å². The molecule has 0 aliphatic carbocycles. The van der Waals surface area contributed by atoms with E-state index in [2.05, 4.69) is 27.9 Å². The SMILES string of the molecule is CC1(NC(=O)c2cc(I)ccc2O)CCCOC1. The van der Waals surface area contributed by atoms with Crippen LogP contribution in [0, 0.1) is 3.57 Å². The molecule has 0 bridgehead atoms. The van der Waals surface area contributed by atoms with Crippen LogP contribution < -0.4 is 5.32 Å². The van der Waals surface area contributed by atoms with Gasteiger partial charge < -0.3 is 15.2 Å². The van der Waals surface area contributed by atoms with Gasteiger partial charge in [-0.15, -0.1) is 0 Å². The molecular formula is C13H16INO3. The summed E-state index contributed by atoms with van der Waals surface area (Å²) in [7, 11) is 0. The summed E-state index contributed by atoms with van der Waals surface area (Å²) in [6.07, 6.45) is 1.83. The van der Waals surface area contributed by atoms with Gasteiger partial charge in [0.1, 0.15) is 5.75 Å². The fraction of sp³-hybridized carbons (Fsp3) is 0.462. The molecule has 2 N–H and O–H groups in total. The molecule has 98 valence electrons. The first kappa shape index (κ1) is 13.6. The maximum absolute atomic E-state index is 12.2. The lowest BCUT2D eigenvalue weighted by Gasteiger charge is -2.34. The summed E-state index contributed by atoms with van der Waals surface area (Å²) in [5.74, 6) is -0.243. The smallest absolute Gasteiger partial charge is 0.255 e. The van der Waals surface area contributed by atoms with E-state index in [1.165, 1.54) is 6.07 Å². The first-order valence-electron chi connectivity index (χ1n) is 5.89. The normalized spacial score (nSPS) is 23.7. The highest BCUT2D eigenvalue weighted by Crippen LogP contribution is 2.23. The van der Waals surface area contributed by atoms with Crippen LogP contribution in [0.1, 0.15) is 30.1 Å². The van der Waals surface area contributed by atoms with E-state index in [0.717, 1.165) is 23.0 Å². The van der Waals surface area contributed by atoms with Crippen molar-refractivity contribution in [1.29, 1.82) is 0 Å². The predicted octanol–water partition coefficient (Wildman–Crippen LogP) is 2.30. The number of ether oxygens (including phenoxy) is 1. The molecule has 1 saturated heterocycles. The first-order chi connectivity index (χ1) is 8.50. The van der Waals surface area contributed by atoms with E-state index in [-0.39, 0.29) is 17.2 Å². The van der Waals surface area contributed by atoms with Crippen molar-refractivity contribution in [2.45, 2.75) is 25.3 Å². The van der Waals surface area contributed by atoms with Gasteiger partial charge in [0.15, 0.2) is 0 Å². The molecule has 5 heteroatoms. The second kappa shape index (κ2) is 5.44. The standard InChI is InChI=1S/C13H16INO3/c1-13(5-2-6-18-8-13)15-12(17)10-7-9(14)3-4-11(10)16/h3-4,7,16H,2,5-6,8H2,1H3,(H,15,17). The van der Waals surface area contributed by atoms with E-state index in [1.54, 1.807) is 12.1 Å². The molecule has 0 radical (unpaired) electrons. The maximum Gasteiger partial charge on any atom is 0.255 e. The number of aromatic hydroxyl groups is 1. The van der Waals surface area contributed by atoms with Crippen LogP contribution in [0.15, 0.2) is 18.2 Å². The van der Waals surface area contributed by atoms with Gasteiger partial charge in [0.25, 0.3) is 5.91 Å². The Morgan fingerprint density at radius 1 is 1.56 bits per heavy atom. The van der Waals surface area contributed by atoms with Crippen LogP contribution in [0.5, 0.6) is 5.75 Å². The van der Waals surface area contributed by atoms with Crippen molar-refractivity contribution in [3.63, 3.8) is 0 Å². The average molecular weight is 361 g/mol. The first-order valence-corrected chi connectivity index (χ1v) is 6.97. The molecule has 4 nitrogen and oxygen atoms in total. The highest BCUT2D eigenvalue weighted by atomic mass is 127. The number of hydrogen-bond donors (Lipinski definition) is 2. The molecule has 1 aliphatic heterocycles. The van der Waals surface area contributed by atoms with Crippen molar-refractivity contribution in [2.24, 2.45) is 0 Å². The van der Waals surface area contributed by atoms with Crippen LogP contribution in [-0.2, 0) is 4.74 Å². The van der Waals surface area contributed by atoms with Crippen molar-refractivity contribution in [2.75, 3.05) is 13.2 Å². The lowest BCUT2D eigenvalue weighted by atomic mass is 9.94. The Hall–Kier alpha value is -0.820. The van der Waals surface area contributed by atoms with E-state index < -0.39 is 0 Å². The van der Waals surface area contributed by atoms with E-state index in [9.17, 15) is 9.90 Å². The van der Waals surface area contributed by atoms with Crippen LogP contribution in [0.3, 0.4) is 0 Å². The van der Waals surface area contributed by atoms with Gasteiger partial charge in [-0.3, -0.25) is 4.79 Å². The molecule has 1 unspecified atom stereocenters. The molecule has 0 spiro atoms. The van der Waals surface area contributed by atoms with Crippen molar-refractivity contribution in [1.82, 2.24) is 5.32 Å². The van der Waals surface area contributed by atoms with Gasteiger partial charge in [-0.25, -0.2) is 0 Å². The zero-order valence-electron chi connectivity index (χ0n) is 10.2. The topological polar surface area (TPSA) is 58.6 Å². The number of phenolic OH excluding ortho intramolecular Hbond substituents is 1. The van der Waals surface area contributed by atoms with Crippen LogP contribution in [-0.4, -0.2) is 29.8 Å². The number of phenols is 1. The van der Waals surface area contributed by atoms with Crippen molar-refractivity contribution < 1.29 is 14.6 Å². The molecule has 2 rings (SSSR count). The predicted molar refractivity (Wildman–Crippen MR) is 76.7 cm³/mol. The number of halogens is 1. The summed E-state index contributed by atoms with van der Waals surface area (Å²) >= 11 is 2.11. The summed E-state index contributed by atoms with van der Waals surface area (Å²) in [5.41, 5.74) is -0.0306. The van der Waals surface area contributed by atoms with Gasteiger partial charge in [0.2, 0.25) is 0 Å². The third-order valence-corrected chi connectivity index (χ3v) is 3.73. The third-order valence-electron chi connectivity index (χ3n) is 3.06. The molecular weight excluding hydrogens is 345 g/mol. The zero-order chi connectivity index (χ0) is 13.2. The van der Waals surface area contributed by atoms with Gasteiger partial charge in [0, 0.05) is 10.2 Å². The van der Waals surface area contributed by atoms with Gasteiger partial charge in [0.05, 0.1) is 17.7 Å². The third kappa shape index (κ3) is 3.14. The van der Waals surface area contributed by atoms with Crippen molar-refractivity contribution in [3.8, 4) is 5.75 Å². The van der Waals surface area contributed by atoms with E-state index >= 15 is 0 Å². The Bertz CT molecular complexity index is 456. The highest BCUT2D eigenvalue weighted by Gasteiger charge is 2.30. The maximum atomic E-state index is 12.2. The molecule has 1 atom stereocenters. The second-order valence-corrected chi connectivity index (χ2v) is 6.08. The summed E-state index contributed by atoms with van der Waals surface area (Å²) in [6.45, 7) is 3.23. The van der Waals surface area contributed by atoms with Gasteiger partial charge in [-0.1, -0.05) is 0 Å². The average Bonchev–Trinajstić information content (AvgIpc) is 2.32. The summed E-state index contributed by atoms with van der Waals surface area (Å²) in [6, 6.07) is 4.98. The number of nitrogens with one attached hydrogen (secondary N) is 1. The minimum atomic E-state index is -0.344. The van der Waals surface area contributed by atoms with E-state index in [0.29, 0.717) is 12.2 Å². The Labute approximate surface area is 120 Å².